The summed E-state index contributed by atoms with van der Waals surface area (Å²) in [5.74, 6) is 0.796. The first-order valence-corrected chi connectivity index (χ1v) is 9.23. The first-order valence-electron chi connectivity index (χ1n) is 9.23. The largest absolute Gasteiger partial charge is 0.497 e. The molecule has 1 amide bonds. The lowest BCUT2D eigenvalue weighted by Crippen LogP contribution is -2.22. The van der Waals surface area contributed by atoms with Crippen LogP contribution >= 0.6 is 0 Å². The molecule has 5 nitrogen and oxygen atoms in total. The fourth-order valence-corrected chi connectivity index (χ4v) is 3.06. The Morgan fingerprint density at radius 3 is 1.86 bits per heavy atom. The van der Waals surface area contributed by atoms with Gasteiger partial charge in [0, 0.05) is 44.6 Å². The Morgan fingerprint density at radius 1 is 0.857 bits per heavy atom. The maximum absolute atomic E-state index is 11.2. The van der Waals surface area contributed by atoms with Gasteiger partial charge in [-0.2, -0.15) is 0 Å². The van der Waals surface area contributed by atoms with Crippen molar-refractivity contribution in [2.75, 3.05) is 12.4 Å². The molecule has 1 aromatic heterocycles. The van der Waals surface area contributed by atoms with Gasteiger partial charge in [0.2, 0.25) is 5.91 Å². The van der Waals surface area contributed by atoms with Crippen molar-refractivity contribution in [1.82, 2.24) is 9.88 Å². The minimum atomic E-state index is -0.0634. The molecule has 0 saturated carbocycles. The van der Waals surface area contributed by atoms with E-state index in [2.05, 4.69) is 39.5 Å². The van der Waals surface area contributed by atoms with E-state index in [1.807, 2.05) is 48.8 Å². The van der Waals surface area contributed by atoms with Gasteiger partial charge < -0.3 is 10.1 Å². The smallest absolute Gasteiger partial charge is 0.221 e. The lowest BCUT2D eigenvalue weighted by Gasteiger charge is -2.23. The molecule has 0 saturated heterocycles. The fraction of sp³-hybridized carbons (Fsp3) is 0.217. The van der Waals surface area contributed by atoms with Crippen molar-refractivity contribution in [3.63, 3.8) is 0 Å². The predicted molar refractivity (Wildman–Crippen MR) is 111 cm³/mol. The molecule has 0 atom stereocenters. The van der Waals surface area contributed by atoms with E-state index in [-0.39, 0.29) is 5.91 Å². The topological polar surface area (TPSA) is 54.5 Å². The van der Waals surface area contributed by atoms with Crippen LogP contribution in [0.5, 0.6) is 5.75 Å². The summed E-state index contributed by atoms with van der Waals surface area (Å²) in [6.45, 7) is 3.95. The fourth-order valence-electron chi connectivity index (χ4n) is 3.06. The van der Waals surface area contributed by atoms with Crippen LogP contribution in [-0.4, -0.2) is 22.9 Å². The minimum Gasteiger partial charge on any atom is -0.497 e. The molecule has 5 heteroatoms. The van der Waals surface area contributed by atoms with E-state index in [9.17, 15) is 4.79 Å². The van der Waals surface area contributed by atoms with Crippen LogP contribution in [0.1, 0.15) is 23.6 Å². The van der Waals surface area contributed by atoms with Gasteiger partial charge in [-0.1, -0.05) is 24.3 Å². The van der Waals surface area contributed by atoms with Crippen LogP contribution in [0.2, 0.25) is 0 Å². The van der Waals surface area contributed by atoms with Crippen molar-refractivity contribution in [3.05, 3.63) is 89.7 Å². The lowest BCUT2D eigenvalue weighted by atomic mass is 10.1. The van der Waals surface area contributed by atoms with Crippen LogP contribution in [0.15, 0.2) is 73.1 Å². The zero-order chi connectivity index (χ0) is 19.8. The summed E-state index contributed by atoms with van der Waals surface area (Å²) in [5, 5.41) is 2.80. The number of carbonyl (C=O) groups excluding carboxylic acids is 1. The van der Waals surface area contributed by atoms with Crippen molar-refractivity contribution in [2.45, 2.75) is 26.6 Å². The Labute approximate surface area is 166 Å². The van der Waals surface area contributed by atoms with Crippen LogP contribution in [0.3, 0.4) is 0 Å². The molecular formula is C23H25N3O2. The molecule has 1 heterocycles. The monoisotopic (exact) mass is 375 g/mol. The van der Waals surface area contributed by atoms with Gasteiger partial charge in [-0.15, -0.1) is 0 Å². The number of methoxy groups -OCH3 is 1. The number of amides is 1. The van der Waals surface area contributed by atoms with E-state index in [1.54, 1.807) is 7.11 Å². The third kappa shape index (κ3) is 5.93. The zero-order valence-corrected chi connectivity index (χ0v) is 16.3. The second-order valence-corrected chi connectivity index (χ2v) is 6.73. The van der Waals surface area contributed by atoms with E-state index in [0.717, 1.165) is 31.1 Å². The summed E-state index contributed by atoms with van der Waals surface area (Å²) in [5.41, 5.74) is 4.45. The van der Waals surface area contributed by atoms with Crippen LogP contribution < -0.4 is 10.1 Å². The Morgan fingerprint density at radius 2 is 1.36 bits per heavy atom. The van der Waals surface area contributed by atoms with Crippen molar-refractivity contribution < 1.29 is 9.53 Å². The number of carbonyl (C=O) groups is 1. The molecule has 144 valence electrons. The second kappa shape index (κ2) is 9.67. The Balaban J connectivity index is 1.73. The average molecular weight is 375 g/mol. The highest BCUT2D eigenvalue weighted by Crippen LogP contribution is 2.18. The van der Waals surface area contributed by atoms with E-state index in [4.69, 9.17) is 4.74 Å². The normalized spacial score (nSPS) is 10.7. The number of hydrogen-bond donors (Lipinski definition) is 1. The van der Waals surface area contributed by atoms with Gasteiger partial charge >= 0.3 is 0 Å². The van der Waals surface area contributed by atoms with Gasteiger partial charge in [0.15, 0.2) is 0 Å². The number of benzene rings is 2. The first-order chi connectivity index (χ1) is 13.6. The highest BCUT2D eigenvalue weighted by atomic mass is 16.5. The number of aromatic nitrogens is 1. The molecule has 3 aromatic rings. The molecule has 2 aromatic carbocycles. The number of anilines is 1. The lowest BCUT2D eigenvalue weighted by molar-refractivity contribution is -0.114. The van der Waals surface area contributed by atoms with Gasteiger partial charge in [0.1, 0.15) is 5.75 Å². The molecule has 28 heavy (non-hydrogen) atoms. The highest BCUT2D eigenvalue weighted by Gasteiger charge is 2.09. The maximum atomic E-state index is 11.2. The average Bonchev–Trinajstić information content (AvgIpc) is 2.70. The first kappa shape index (κ1) is 19.6. The quantitative estimate of drug-likeness (QED) is 0.639. The molecule has 0 unspecified atom stereocenters. The summed E-state index contributed by atoms with van der Waals surface area (Å²) < 4.78 is 5.25. The third-order valence-corrected chi connectivity index (χ3v) is 4.40. The summed E-state index contributed by atoms with van der Waals surface area (Å²) >= 11 is 0. The van der Waals surface area contributed by atoms with Gasteiger partial charge in [-0.3, -0.25) is 14.7 Å². The van der Waals surface area contributed by atoms with Crippen LogP contribution in [0.25, 0.3) is 0 Å². The van der Waals surface area contributed by atoms with E-state index < -0.39 is 0 Å². The van der Waals surface area contributed by atoms with Crippen molar-refractivity contribution in [3.8, 4) is 5.75 Å². The number of hydrogen-bond acceptors (Lipinski definition) is 4. The predicted octanol–water partition coefficient (Wildman–Crippen LogP) is 4.25. The highest BCUT2D eigenvalue weighted by molar-refractivity contribution is 5.88. The van der Waals surface area contributed by atoms with Gasteiger partial charge in [0.05, 0.1) is 7.11 Å². The van der Waals surface area contributed by atoms with Crippen molar-refractivity contribution in [2.24, 2.45) is 0 Å². The number of rotatable bonds is 8. The molecule has 0 aliphatic heterocycles. The summed E-state index contributed by atoms with van der Waals surface area (Å²) in [4.78, 5) is 17.7. The van der Waals surface area contributed by atoms with Crippen LogP contribution in [0, 0.1) is 0 Å². The second-order valence-electron chi connectivity index (χ2n) is 6.73. The number of pyridine rings is 1. The van der Waals surface area contributed by atoms with Gasteiger partial charge in [-0.25, -0.2) is 0 Å². The van der Waals surface area contributed by atoms with Gasteiger partial charge in [-0.05, 0) is 53.1 Å². The molecule has 3 rings (SSSR count). The maximum Gasteiger partial charge on any atom is 0.221 e. The SMILES string of the molecule is COc1ccc(CN(Cc2ccncc2)Cc2ccc(NC(C)=O)cc2)cc1. The Hall–Kier alpha value is -3.18. The standard InChI is InChI=1S/C23H25N3O2/c1-18(27)25-22-7-3-19(4-8-22)15-26(17-21-11-13-24-14-12-21)16-20-5-9-23(28-2)10-6-20/h3-14H,15-17H2,1-2H3,(H,25,27). The van der Waals surface area contributed by atoms with Crippen LogP contribution in [-0.2, 0) is 24.4 Å². The summed E-state index contributed by atoms with van der Waals surface area (Å²) in [7, 11) is 1.68. The molecule has 0 bridgehead atoms. The summed E-state index contributed by atoms with van der Waals surface area (Å²) in [6.07, 6.45) is 3.65. The molecule has 0 fully saturated rings. The number of nitrogens with one attached hydrogen (secondary N) is 1. The molecule has 0 radical (unpaired) electrons. The van der Waals surface area contributed by atoms with E-state index in [0.29, 0.717) is 0 Å². The number of ether oxygens (including phenoxy) is 1. The molecule has 0 aliphatic rings. The minimum absolute atomic E-state index is 0.0634. The van der Waals surface area contributed by atoms with Crippen molar-refractivity contribution in [1.29, 1.82) is 0 Å². The zero-order valence-electron chi connectivity index (χ0n) is 16.3. The number of nitrogens with zero attached hydrogens (tertiary/aromatic N) is 2. The van der Waals surface area contributed by atoms with E-state index in [1.165, 1.54) is 23.6 Å². The van der Waals surface area contributed by atoms with Gasteiger partial charge in [0.25, 0.3) is 0 Å². The molecular weight excluding hydrogens is 350 g/mol. The van der Waals surface area contributed by atoms with Crippen molar-refractivity contribution >= 4 is 11.6 Å². The molecule has 1 N–H and O–H groups in total. The Kier molecular flexibility index (Phi) is 6.76. The van der Waals surface area contributed by atoms with Crippen LogP contribution in [0.4, 0.5) is 5.69 Å². The van der Waals surface area contributed by atoms with E-state index >= 15 is 0 Å². The molecule has 0 spiro atoms. The Bertz CT molecular complexity index is 878. The summed E-state index contributed by atoms with van der Waals surface area (Å²) in [6, 6.07) is 20.2. The third-order valence-electron chi connectivity index (χ3n) is 4.40. The molecule has 0 aliphatic carbocycles.